The molecule has 3 N–H and O–H groups in total. The molecule has 1 saturated heterocycles. The van der Waals surface area contributed by atoms with Crippen molar-refractivity contribution in [2.24, 2.45) is 0 Å². The Bertz CT molecular complexity index is 354. The highest BCUT2D eigenvalue weighted by Crippen LogP contribution is 2.11. The van der Waals surface area contributed by atoms with E-state index in [1.165, 1.54) is 13.8 Å². The number of carbonyl (C=O) groups is 1. The van der Waals surface area contributed by atoms with E-state index < -0.39 is 0 Å². The molecule has 1 aliphatic rings. The van der Waals surface area contributed by atoms with E-state index in [0.717, 1.165) is 13.1 Å². The van der Waals surface area contributed by atoms with Gasteiger partial charge in [-0.25, -0.2) is 0 Å². The third-order valence-electron chi connectivity index (χ3n) is 3.06. The molecule has 1 fully saturated rings. The van der Waals surface area contributed by atoms with E-state index >= 15 is 0 Å². The first-order valence-corrected chi connectivity index (χ1v) is 6.05. The normalized spacial score (nSPS) is 18.5. The molecule has 0 radical (unpaired) electrons. The number of amidine groups is 1. The Morgan fingerprint density at radius 1 is 1.22 bits per heavy atom. The Hall–Kier alpha value is -1.40. The highest BCUT2D eigenvalue weighted by atomic mass is 16.3. The fourth-order valence-corrected chi connectivity index (χ4v) is 2.09. The molecule has 0 amide bonds. The van der Waals surface area contributed by atoms with E-state index in [1.807, 2.05) is 0 Å². The van der Waals surface area contributed by atoms with Crippen molar-refractivity contribution in [3.05, 3.63) is 11.3 Å². The molecule has 0 aromatic carbocycles. The van der Waals surface area contributed by atoms with E-state index in [0.29, 0.717) is 19.6 Å². The number of piperazine rings is 1. The number of nitrogens with zero attached hydrogens (tertiary/aromatic N) is 2. The lowest BCUT2D eigenvalue weighted by Gasteiger charge is -2.36. The molecule has 102 valence electrons. The average molecular weight is 255 g/mol. The van der Waals surface area contributed by atoms with E-state index in [2.05, 4.69) is 4.90 Å². The lowest BCUT2D eigenvalue weighted by Crippen LogP contribution is -2.50. The summed E-state index contributed by atoms with van der Waals surface area (Å²) in [5, 5.41) is 26.3. The van der Waals surface area contributed by atoms with E-state index in [-0.39, 0.29) is 29.6 Å². The van der Waals surface area contributed by atoms with Gasteiger partial charge < -0.3 is 15.1 Å². The largest absolute Gasteiger partial charge is 0.512 e. The molecule has 6 nitrogen and oxygen atoms in total. The molecule has 0 saturated carbocycles. The highest BCUT2D eigenvalue weighted by Gasteiger charge is 2.24. The molecule has 0 bridgehead atoms. The zero-order valence-electron chi connectivity index (χ0n) is 10.9. The van der Waals surface area contributed by atoms with Crippen molar-refractivity contribution in [2.75, 3.05) is 39.3 Å². The van der Waals surface area contributed by atoms with Crippen LogP contribution in [-0.2, 0) is 4.79 Å². The summed E-state index contributed by atoms with van der Waals surface area (Å²) in [6.07, 6.45) is 0. The maximum absolute atomic E-state index is 11.4. The number of hydrogen-bond donors (Lipinski definition) is 3. The predicted octanol–water partition coefficient (Wildman–Crippen LogP) is -0.00543. The van der Waals surface area contributed by atoms with Gasteiger partial charge in [0, 0.05) is 32.7 Å². The number of aliphatic hydroxyl groups is 2. The maximum atomic E-state index is 11.4. The van der Waals surface area contributed by atoms with Crippen LogP contribution in [0.1, 0.15) is 13.8 Å². The molecule has 6 heteroatoms. The van der Waals surface area contributed by atoms with Gasteiger partial charge in [0.15, 0.2) is 5.78 Å². The Kier molecular flexibility index (Phi) is 5.30. The zero-order valence-corrected chi connectivity index (χ0v) is 10.9. The van der Waals surface area contributed by atoms with Crippen molar-refractivity contribution in [2.45, 2.75) is 13.8 Å². The first kappa shape index (κ1) is 14.7. The van der Waals surface area contributed by atoms with Crippen molar-refractivity contribution in [1.82, 2.24) is 9.80 Å². The topological polar surface area (TPSA) is 87.9 Å². The van der Waals surface area contributed by atoms with Gasteiger partial charge in [-0.15, -0.1) is 0 Å². The van der Waals surface area contributed by atoms with Crippen LogP contribution in [0.5, 0.6) is 0 Å². The van der Waals surface area contributed by atoms with Crippen molar-refractivity contribution in [1.29, 1.82) is 5.41 Å². The van der Waals surface area contributed by atoms with Gasteiger partial charge in [-0.05, 0) is 13.8 Å². The monoisotopic (exact) mass is 255 g/mol. The number of carbonyl (C=O) groups excluding carboxylic acids is 1. The molecule has 0 aromatic rings. The van der Waals surface area contributed by atoms with Crippen LogP contribution in [0.4, 0.5) is 0 Å². The second-order valence-corrected chi connectivity index (χ2v) is 4.42. The van der Waals surface area contributed by atoms with Gasteiger partial charge in [0.05, 0.1) is 12.2 Å². The van der Waals surface area contributed by atoms with E-state index in [4.69, 9.17) is 10.5 Å². The van der Waals surface area contributed by atoms with Gasteiger partial charge in [-0.1, -0.05) is 0 Å². The molecule has 0 unspecified atom stereocenters. The molecule has 0 atom stereocenters. The number of β-amino-alcohol motifs (C(OH)–C–C–N with tert-alkyl or cyclic N) is 1. The lowest BCUT2D eigenvalue weighted by molar-refractivity contribution is -0.113. The third-order valence-corrected chi connectivity index (χ3v) is 3.06. The lowest BCUT2D eigenvalue weighted by atomic mass is 10.1. The second-order valence-electron chi connectivity index (χ2n) is 4.42. The van der Waals surface area contributed by atoms with Crippen LogP contribution in [0.2, 0.25) is 0 Å². The Morgan fingerprint density at radius 2 is 1.78 bits per heavy atom. The Balaban J connectivity index is 2.65. The van der Waals surface area contributed by atoms with Crippen LogP contribution < -0.4 is 0 Å². The molecule has 1 aliphatic heterocycles. The predicted molar refractivity (Wildman–Crippen MR) is 68.8 cm³/mol. The number of nitrogens with one attached hydrogen (secondary N) is 1. The highest BCUT2D eigenvalue weighted by molar-refractivity contribution is 6.19. The summed E-state index contributed by atoms with van der Waals surface area (Å²) < 4.78 is 0. The first-order valence-electron chi connectivity index (χ1n) is 6.05. The van der Waals surface area contributed by atoms with Crippen molar-refractivity contribution in [3.8, 4) is 0 Å². The van der Waals surface area contributed by atoms with Crippen molar-refractivity contribution >= 4 is 11.6 Å². The van der Waals surface area contributed by atoms with Crippen LogP contribution >= 0.6 is 0 Å². The molecule has 18 heavy (non-hydrogen) atoms. The van der Waals surface area contributed by atoms with Crippen LogP contribution in [0.25, 0.3) is 0 Å². The fourth-order valence-electron chi connectivity index (χ4n) is 2.09. The van der Waals surface area contributed by atoms with Crippen LogP contribution in [-0.4, -0.2) is 71.0 Å². The van der Waals surface area contributed by atoms with Crippen molar-refractivity contribution in [3.63, 3.8) is 0 Å². The molecule has 0 spiro atoms. The minimum Gasteiger partial charge on any atom is -0.512 e. The second kappa shape index (κ2) is 6.51. The van der Waals surface area contributed by atoms with Gasteiger partial charge in [-0.3, -0.25) is 15.1 Å². The summed E-state index contributed by atoms with van der Waals surface area (Å²) >= 11 is 0. The fraction of sp³-hybridized carbons (Fsp3) is 0.667. The molecule has 0 aromatic heterocycles. The Morgan fingerprint density at radius 3 is 2.17 bits per heavy atom. The molecular formula is C12H21N3O3. The smallest absolute Gasteiger partial charge is 0.166 e. The van der Waals surface area contributed by atoms with E-state index in [1.54, 1.807) is 4.90 Å². The van der Waals surface area contributed by atoms with Gasteiger partial charge in [-0.2, -0.15) is 0 Å². The summed E-state index contributed by atoms with van der Waals surface area (Å²) in [5.41, 5.74) is 0.0885. The number of allylic oxidation sites excluding steroid dienone is 1. The third kappa shape index (κ3) is 3.54. The standard InChI is InChI=1S/C12H21N3O3/c1-9(17)11(10(2)18)12(13)15-5-3-14(4-6-15)7-8-16/h13,16-17H,3-8H2,1-2H3/b11-9+,13-12?. The van der Waals surface area contributed by atoms with Gasteiger partial charge in [0.25, 0.3) is 0 Å². The van der Waals surface area contributed by atoms with Crippen molar-refractivity contribution < 1.29 is 15.0 Å². The molecule has 1 rings (SSSR count). The zero-order chi connectivity index (χ0) is 13.7. The summed E-state index contributed by atoms with van der Waals surface area (Å²) in [6.45, 7) is 6.29. The molecule has 1 heterocycles. The summed E-state index contributed by atoms with van der Waals surface area (Å²) in [4.78, 5) is 15.3. The summed E-state index contributed by atoms with van der Waals surface area (Å²) in [6, 6.07) is 0. The number of aliphatic hydroxyl groups excluding tert-OH is 2. The SMILES string of the molecule is CC(=O)/C(C(=N)N1CCN(CCO)CC1)=C(/C)O. The van der Waals surface area contributed by atoms with E-state index in [9.17, 15) is 9.90 Å². The first-order chi connectivity index (χ1) is 8.47. The molecule has 0 aliphatic carbocycles. The van der Waals surface area contributed by atoms with Gasteiger partial charge in [0.1, 0.15) is 11.6 Å². The number of rotatable bonds is 4. The quantitative estimate of drug-likeness (QED) is 0.285. The average Bonchev–Trinajstić information content (AvgIpc) is 2.29. The van der Waals surface area contributed by atoms with Crippen LogP contribution in [0, 0.1) is 5.41 Å². The minimum absolute atomic E-state index is 0.0885. The minimum atomic E-state index is -0.294. The van der Waals surface area contributed by atoms with Gasteiger partial charge in [0.2, 0.25) is 0 Å². The number of hydrogen-bond acceptors (Lipinski definition) is 5. The molecular weight excluding hydrogens is 234 g/mol. The Labute approximate surface area is 107 Å². The maximum Gasteiger partial charge on any atom is 0.166 e. The van der Waals surface area contributed by atoms with Crippen LogP contribution in [0.3, 0.4) is 0 Å². The summed E-state index contributed by atoms with van der Waals surface area (Å²) in [7, 11) is 0. The van der Waals surface area contributed by atoms with Crippen LogP contribution in [0.15, 0.2) is 11.3 Å². The number of Topliss-reactive ketones (excluding diaryl/α,β-unsaturated/α-hetero) is 1. The van der Waals surface area contributed by atoms with Gasteiger partial charge >= 0.3 is 0 Å². The number of ketones is 1. The summed E-state index contributed by atoms with van der Waals surface area (Å²) in [5.74, 6) is -0.311.